The molecule has 1 saturated heterocycles. The molecule has 0 spiro atoms. The van der Waals surface area contributed by atoms with E-state index >= 15 is 0 Å². The number of amides is 2. The van der Waals surface area contributed by atoms with Gasteiger partial charge < -0.3 is 19.9 Å². The molecule has 1 fully saturated rings. The van der Waals surface area contributed by atoms with Gasteiger partial charge in [-0.2, -0.15) is 13.2 Å². The molecule has 34 heavy (non-hydrogen) atoms. The maximum absolute atomic E-state index is 12.9. The number of aliphatic hydroxyl groups excluding tert-OH is 1. The van der Waals surface area contributed by atoms with Crippen LogP contribution in [0.25, 0.3) is 0 Å². The quantitative estimate of drug-likeness (QED) is 0.528. The molecule has 3 aromatic rings. The molecule has 0 radical (unpaired) electrons. The van der Waals surface area contributed by atoms with Gasteiger partial charge >= 0.3 is 12.2 Å². The predicted molar refractivity (Wildman–Crippen MR) is 119 cm³/mol. The molecule has 0 unspecified atom stereocenters. The summed E-state index contributed by atoms with van der Waals surface area (Å²) in [7, 11) is 0. The van der Waals surface area contributed by atoms with Crippen molar-refractivity contribution in [3.8, 4) is 0 Å². The highest BCUT2D eigenvalue weighted by molar-refractivity contribution is 6.30. The molecular weight excluding hydrogens is 471 g/mol. The Balaban J connectivity index is 1.47. The van der Waals surface area contributed by atoms with Gasteiger partial charge in [-0.3, -0.25) is 0 Å². The first kappa shape index (κ1) is 24.0. The second-order valence-electron chi connectivity index (χ2n) is 8.05. The van der Waals surface area contributed by atoms with Crippen molar-refractivity contribution in [3.05, 3.63) is 81.9 Å². The summed E-state index contributed by atoms with van der Waals surface area (Å²) in [6.45, 7) is 0.714. The van der Waals surface area contributed by atoms with E-state index in [4.69, 9.17) is 11.6 Å². The fourth-order valence-electron chi connectivity index (χ4n) is 4.03. The van der Waals surface area contributed by atoms with Crippen LogP contribution in [0.2, 0.25) is 5.02 Å². The first-order valence-corrected chi connectivity index (χ1v) is 11.1. The number of benzene rings is 2. The normalized spacial score (nSPS) is 16.1. The van der Waals surface area contributed by atoms with Crippen LogP contribution in [0.3, 0.4) is 0 Å². The molecule has 2 N–H and O–H groups in total. The Bertz CT molecular complexity index is 1130. The molecule has 2 heterocycles. The van der Waals surface area contributed by atoms with Gasteiger partial charge in [0.05, 0.1) is 18.2 Å². The standard InChI is InChI=1S/C23H23ClF3N5O2/c24-18-9-5-16(6-10-18)13-32-20(14-33)29-30-21(32)19-2-1-11-31(19)22(34)28-12-15-3-7-17(8-4-15)23(25,26)27/h3-10,19,33H,1-2,11-14H2,(H,28,34)/t19-/m1/s1. The van der Waals surface area contributed by atoms with Gasteiger partial charge in [0.2, 0.25) is 0 Å². The zero-order valence-electron chi connectivity index (χ0n) is 18.1. The lowest BCUT2D eigenvalue weighted by atomic mass is 10.1. The van der Waals surface area contributed by atoms with E-state index in [1.165, 1.54) is 12.1 Å². The van der Waals surface area contributed by atoms with Crippen molar-refractivity contribution in [1.82, 2.24) is 25.0 Å². The summed E-state index contributed by atoms with van der Waals surface area (Å²) in [6.07, 6.45) is -2.96. The number of nitrogens with one attached hydrogen (secondary N) is 1. The fourth-order valence-corrected chi connectivity index (χ4v) is 4.15. The van der Waals surface area contributed by atoms with Crippen molar-refractivity contribution in [1.29, 1.82) is 0 Å². The number of nitrogens with zero attached hydrogens (tertiary/aromatic N) is 4. The number of aromatic nitrogens is 3. The number of hydrogen-bond donors (Lipinski definition) is 2. The van der Waals surface area contributed by atoms with Crippen LogP contribution in [0.15, 0.2) is 48.5 Å². The molecule has 4 rings (SSSR count). The zero-order valence-corrected chi connectivity index (χ0v) is 18.9. The Labute approximate surface area is 199 Å². The minimum Gasteiger partial charge on any atom is -0.388 e. The third-order valence-electron chi connectivity index (χ3n) is 5.79. The van der Waals surface area contributed by atoms with Crippen LogP contribution in [0, 0.1) is 0 Å². The van der Waals surface area contributed by atoms with E-state index in [9.17, 15) is 23.1 Å². The molecular formula is C23H23ClF3N5O2. The molecule has 0 bridgehead atoms. The SMILES string of the molecule is O=C(NCc1ccc(C(F)(F)F)cc1)N1CCC[C@@H]1c1nnc(CO)n1Cc1ccc(Cl)cc1. The monoisotopic (exact) mass is 493 g/mol. The van der Waals surface area contributed by atoms with Crippen molar-refractivity contribution in [2.24, 2.45) is 0 Å². The summed E-state index contributed by atoms with van der Waals surface area (Å²) in [5.74, 6) is 0.961. The summed E-state index contributed by atoms with van der Waals surface area (Å²) >= 11 is 5.97. The second kappa shape index (κ2) is 10.0. The third-order valence-corrected chi connectivity index (χ3v) is 6.04. The molecule has 1 aliphatic rings. The number of hydrogen-bond acceptors (Lipinski definition) is 4. The predicted octanol–water partition coefficient (Wildman–Crippen LogP) is 4.54. The molecule has 1 aliphatic heterocycles. The highest BCUT2D eigenvalue weighted by Gasteiger charge is 2.34. The Hall–Kier alpha value is -3.11. The Morgan fingerprint density at radius 1 is 1.09 bits per heavy atom. The van der Waals surface area contributed by atoms with Crippen LogP contribution < -0.4 is 5.32 Å². The van der Waals surface area contributed by atoms with Crippen LogP contribution >= 0.6 is 11.6 Å². The van der Waals surface area contributed by atoms with E-state index in [1.807, 2.05) is 12.1 Å². The first-order valence-electron chi connectivity index (χ1n) is 10.7. The van der Waals surface area contributed by atoms with Crippen LogP contribution in [0.1, 0.15) is 47.2 Å². The number of likely N-dealkylation sites (tertiary alicyclic amines) is 1. The molecule has 1 atom stereocenters. The van der Waals surface area contributed by atoms with E-state index in [0.717, 1.165) is 24.1 Å². The molecule has 2 aromatic carbocycles. The molecule has 11 heteroatoms. The van der Waals surface area contributed by atoms with E-state index in [2.05, 4.69) is 15.5 Å². The highest BCUT2D eigenvalue weighted by atomic mass is 35.5. The van der Waals surface area contributed by atoms with Crippen molar-refractivity contribution in [2.45, 2.75) is 44.8 Å². The smallest absolute Gasteiger partial charge is 0.388 e. The van der Waals surface area contributed by atoms with Gasteiger partial charge in [-0.25, -0.2) is 4.79 Å². The van der Waals surface area contributed by atoms with Crippen LogP contribution in [-0.4, -0.2) is 37.3 Å². The number of rotatable bonds is 6. The number of carbonyl (C=O) groups excluding carboxylic acids is 1. The summed E-state index contributed by atoms with van der Waals surface area (Å²) in [5.41, 5.74) is 0.768. The Morgan fingerprint density at radius 2 is 1.76 bits per heavy atom. The van der Waals surface area contributed by atoms with Gasteiger partial charge in [-0.1, -0.05) is 35.9 Å². The summed E-state index contributed by atoms with van der Waals surface area (Å²) in [6, 6.07) is 11.3. The van der Waals surface area contributed by atoms with Crippen LogP contribution in [-0.2, 0) is 25.9 Å². The van der Waals surface area contributed by atoms with Crippen LogP contribution in [0.4, 0.5) is 18.0 Å². The summed E-state index contributed by atoms with van der Waals surface area (Å²) < 4.78 is 40.0. The topological polar surface area (TPSA) is 83.3 Å². The van der Waals surface area contributed by atoms with Gasteiger partial charge in [-0.05, 0) is 48.2 Å². The largest absolute Gasteiger partial charge is 0.416 e. The van der Waals surface area contributed by atoms with E-state index in [1.54, 1.807) is 21.6 Å². The average Bonchev–Trinajstić information content (AvgIpc) is 3.45. The maximum atomic E-state index is 12.9. The van der Waals surface area contributed by atoms with Crippen molar-refractivity contribution in [2.75, 3.05) is 6.54 Å². The number of carbonyl (C=O) groups is 1. The van der Waals surface area contributed by atoms with Gasteiger partial charge in [-0.15, -0.1) is 10.2 Å². The third kappa shape index (κ3) is 5.34. The highest BCUT2D eigenvalue weighted by Crippen LogP contribution is 2.32. The van der Waals surface area contributed by atoms with Crippen molar-refractivity contribution in [3.63, 3.8) is 0 Å². The van der Waals surface area contributed by atoms with Gasteiger partial charge in [0, 0.05) is 18.1 Å². The number of aliphatic hydroxyl groups is 1. The Morgan fingerprint density at radius 3 is 2.41 bits per heavy atom. The first-order chi connectivity index (χ1) is 16.3. The van der Waals surface area contributed by atoms with Gasteiger partial charge in [0.15, 0.2) is 11.6 Å². The minimum absolute atomic E-state index is 0.0968. The molecule has 0 saturated carbocycles. The molecule has 180 valence electrons. The molecule has 1 aromatic heterocycles. The van der Waals surface area contributed by atoms with E-state index in [-0.39, 0.29) is 25.2 Å². The van der Waals surface area contributed by atoms with Crippen LogP contribution in [0.5, 0.6) is 0 Å². The number of alkyl halides is 3. The van der Waals surface area contributed by atoms with Gasteiger partial charge in [0.25, 0.3) is 0 Å². The lowest BCUT2D eigenvalue weighted by Gasteiger charge is -2.25. The molecule has 7 nitrogen and oxygen atoms in total. The van der Waals surface area contributed by atoms with Crippen molar-refractivity contribution < 1.29 is 23.1 Å². The van der Waals surface area contributed by atoms with Gasteiger partial charge in [0.1, 0.15) is 6.61 Å². The average molecular weight is 494 g/mol. The molecule has 0 aliphatic carbocycles. The number of halogens is 4. The Kier molecular flexibility index (Phi) is 7.08. The lowest BCUT2D eigenvalue weighted by Crippen LogP contribution is -2.40. The van der Waals surface area contributed by atoms with E-state index < -0.39 is 11.7 Å². The maximum Gasteiger partial charge on any atom is 0.416 e. The van der Waals surface area contributed by atoms with Crippen molar-refractivity contribution >= 4 is 17.6 Å². The fraction of sp³-hybridized carbons (Fsp3) is 0.348. The zero-order chi connectivity index (χ0) is 24.3. The number of urea groups is 1. The second-order valence-corrected chi connectivity index (χ2v) is 8.49. The lowest BCUT2D eigenvalue weighted by molar-refractivity contribution is -0.137. The summed E-state index contributed by atoms with van der Waals surface area (Å²) in [5, 5.41) is 21.5. The minimum atomic E-state index is -4.40. The molecule has 2 amide bonds. The van der Waals surface area contributed by atoms with E-state index in [0.29, 0.717) is 41.7 Å². The summed E-state index contributed by atoms with van der Waals surface area (Å²) in [4.78, 5) is 14.6.